The minimum absolute atomic E-state index is 0.0473. The topological polar surface area (TPSA) is 73.2 Å². The lowest BCUT2D eigenvalue weighted by Crippen LogP contribution is -2.30. The van der Waals surface area contributed by atoms with Gasteiger partial charge in [0, 0.05) is 24.6 Å². The summed E-state index contributed by atoms with van der Waals surface area (Å²) in [5, 5.41) is 4.22. The second-order valence-electron chi connectivity index (χ2n) is 6.60. The fourth-order valence-corrected chi connectivity index (χ4v) is 5.31. The first-order valence-electron chi connectivity index (χ1n) is 8.93. The molecular weight excluding hydrogens is 370 g/mol. The van der Waals surface area contributed by atoms with Crippen molar-refractivity contribution in [3.8, 4) is 0 Å². The Morgan fingerprint density at radius 1 is 1.38 bits per heavy atom. The number of carbonyl (C=O) groups is 1. The van der Waals surface area contributed by atoms with Crippen LogP contribution in [0.2, 0.25) is 0 Å². The SMILES string of the molecule is COCCNC(=O)CSc1nc2sc(C)c(C)c2c(=O)n1C1CCCC1. The van der Waals surface area contributed by atoms with Crippen molar-refractivity contribution >= 4 is 39.2 Å². The minimum Gasteiger partial charge on any atom is -0.383 e. The lowest BCUT2D eigenvalue weighted by atomic mass is 10.2. The summed E-state index contributed by atoms with van der Waals surface area (Å²) >= 11 is 2.90. The first kappa shape index (κ1) is 19.4. The third-order valence-corrected chi connectivity index (χ3v) is 6.91. The van der Waals surface area contributed by atoms with E-state index in [1.54, 1.807) is 18.4 Å². The Hall–Kier alpha value is -1.38. The van der Waals surface area contributed by atoms with Crippen molar-refractivity contribution in [2.45, 2.75) is 50.7 Å². The molecule has 1 aliphatic carbocycles. The van der Waals surface area contributed by atoms with E-state index in [1.165, 1.54) is 11.8 Å². The van der Waals surface area contributed by atoms with Crippen LogP contribution in [0.1, 0.15) is 42.2 Å². The number of ether oxygens (including phenoxy) is 1. The van der Waals surface area contributed by atoms with Gasteiger partial charge in [0.1, 0.15) is 4.83 Å². The molecule has 8 heteroatoms. The second kappa shape index (κ2) is 8.54. The summed E-state index contributed by atoms with van der Waals surface area (Å²) in [6, 6.07) is 0.193. The molecule has 2 heterocycles. The number of thiophene rings is 1. The molecule has 0 aliphatic heterocycles. The molecule has 6 nitrogen and oxygen atoms in total. The summed E-state index contributed by atoms with van der Waals surface area (Å²) in [5.74, 6) is 0.176. The number of nitrogens with zero attached hydrogens (tertiary/aromatic N) is 2. The molecular formula is C18H25N3O3S2. The standard InChI is InChI=1S/C18H25N3O3S2/c1-11-12(2)26-16-15(11)17(23)21(13-6-4-5-7-13)18(20-16)25-10-14(22)19-8-9-24-3/h13H,4-10H2,1-3H3,(H,19,22). The van der Waals surface area contributed by atoms with Crippen molar-refractivity contribution in [3.05, 3.63) is 20.8 Å². The number of rotatable bonds is 7. The molecule has 0 saturated heterocycles. The number of nitrogens with one attached hydrogen (secondary N) is 1. The molecule has 0 bridgehead atoms. The number of aryl methyl sites for hydroxylation is 2. The summed E-state index contributed by atoms with van der Waals surface area (Å²) < 4.78 is 6.79. The zero-order valence-electron chi connectivity index (χ0n) is 15.5. The molecule has 2 aromatic rings. The summed E-state index contributed by atoms with van der Waals surface area (Å²) in [4.78, 5) is 31.9. The van der Waals surface area contributed by atoms with Gasteiger partial charge in [-0.15, -0.1) is 11.3 Å². The van der Waals surface area contributed by atoms with Gasteiger partial charge in [0.2, 0.25) is 5.91 Å². The Kier molecular flexibility index (Phi) is 6.37. The van der Waals surface area contributed by atoms with E-state index in [4.69, 9.17) is 9.72 Å². The Balaban J connectivity index is 1.91. The van der Waals surface area contributed by atoms with Gasteiger partial charge < -0.3 is 10.1 Å². The predicted molar refractivity (Wildman–Crippen MR) is 106 cm³/mol. The average molecular weight is 396 g/mol. The molecule has 0 aromatic carbocycles. The van der Waals surface area contributed by atoms with Gasteiger partial charge in [0.25, 0.3) is 5.56 Å². The Morgan fingerprint density at radius 3 is 2.81 bits per heavy atom. The first-order valence-corrected chi connectivity index (χ1v) is 10.7. The van der Waals surface area contributed by atoms with Gasteiger partial charge >= 0.3 is 0 Å². The normalized spacial score (nSPS) is 15.0. The number of thioether (sulfide) groups is 1. The molecule has 0 unspecified atom stereocenters. The second-order valence-corrected chi connectivity index (χ2v) is 8.75. The van der Waals surface area contributed by atoms with Crippen molar-refractivity contribution in [2.24, 2.45) is 0 Å². The monoisotopic (exact) mass is 395 g/mol. The van der Waals surface area contributed by atoms with Crippen LogP contribution in [0, 0.1) is 13.8 Å². The van der Waals surface area contributed by atoms with Crippen LogP contribution in [0.15, 0.2) is 9.95 Å². The first-order chi connectivity index (χ1) is 12.5. The van der Waals surface area contributed by atoms with E-state index >= 15 is 0 Å². The zero-order chi connectivity index (χ0) is 18.7. The van der Waals surface area contributed by atoms with Crippen LogP contribution in [0.25, 0.3) is 10.2 Å². The number of fused-ring (bicyclic) bond motifs is 1. The third-order valence-electron chi connectivity index (χ3n) is 4.85. The van der Waals surface area contributed by atoms with E-state index in [-0.39, 0.29) is 23.3 Å². The highest BCUT2D eigenvalue weighted by Crippen LogP contribution is 2.34. The predicted octanol–water partition coefficient (Wildman–Crippen LogP) is 3.04. The van der Waals surface area contributed by atoms with Crippen molar-refractivity contribution < 1.29 is 9.53 Å². The molecule has 0 radical (unpaired) electrons. The van der Waals surface area contributed by atoms with Gasteiger partial charge in [0.05, 0.1) is 17.7 Å². The average Bonchev–Trinajstić information content (AvgIpc) is 3.22. The maximum absolute atomic E-state index is 13.2. The van der Waals surface area contributed by atoms with Gasteiger partial charge in [-0.1, -0.05) is 24.6 Å². The maximum Gasteiger partial charge on any atom is 0.263 e. The Morgan fingerprint density at radius 2 is 2.12 bits per heavy atom. The largest absolute Gasteiger partial charge is 0.383 e. The minimum atomic E-state index is -0.0714. The number of hydrogen-bond donors (Lipinski definition) is 1. The summed E-state index contributed by atoms with van der Waals surface area (Å²) in [6.07, 6.45) is 4.28. The van der Waals surface area contributed by atoms with Crippen molar-refractivity contribution in [1.29, 1.82) is 0 Å². The number of amides is 1. The van der Waals surface area contributed by atoms with Crippen LogP contribution in [-0.4, -0.2) is 41.5 Å². The van der Waals surface area contributed by atoms with Crippen molar-refractivity contribution in [2.75, 3.05) is 26.0 Å². The Labute approximate surface area is 161 Å². The molecule has 0 spiro atoms. The fourth-order valence-electron chi connectivity index (χ4n) is 3.35. The van der Waals surface area contributed by atoms with Crippen LogP contribution >= 0.6 is 23.1 Å². The molecule has 1 saturated carbocycles. The molecule has 1 amide bonds. The lowest BCUT2D eigenvalue weighted by Gasteiger charge is -2.18. The number of carbonyl (C=O) groups excluding carboxylic acids is 1. The highest BCUT2D eigenvalue weighted by molar-refractivity contribution is 7.99. The van der Waals surface area contributed by atoms with Crippen LogP contribution in [0.5, 0.6) is 0 Å². The Bertz CT molecular complexity index is 853. The third kappa shape index (κ3) is 3.97. The van der Waals surface area contributed by atoms with Crippen LogP contribution in [-0.2, 0) is 9.53 Å². The fraction of sp³-hybridized carbons (Fsp3) is 0.611. The highest BCUT2D eigenvalue weighted by Gasteiger charge is 2.25. The van der Waals surface area contributed by atoms with Crippen LogP contribution in [0.3, 0.4) is 0 Å². The van der Waals surface area contributed by atoms with Crippen LogP contribution in [0.4, 0.5) is 0 Å². The smallest absolute Gasteiger partial charge is 0.263 e. The molecule has 1 fully saturated rings. The van der Waals surface area contributed by atoms with Gasteiger partial charge in [-0.3, -0.25) is 14.2 Å². The van der Waals surface area contributed by atoms with E-state index in [2.05, 4.69) is 5.32 Å². The highest BCUT2D eigenvalue weighted by atomic mass is 32.2. The number of methoxy groups -OCH3 is 1. The molecule has 2 aromatic heterocycles. The van der Waals surface area contributed by atoms with Gasteiger partial charge in [-0.25, -0.2) is 4.98 Å². The molecule has 1 aliphatic rings. The summed E-state index contributed by atoms with van der Waals surface area (Å²) in [6.45, 7) is 4.99. The van der Waals surface area contributed by atoms with E-state index < -0.39 is 0 Å². The lowest BCUT2D eigenvalue weighted by molar-refractivity contribution is -0.118. The van der Waals surface area contributed by atoms with Crippen molar-refractivity contribution in [3.63, 3.8) is 0 Å². The van der Waals surface area contributed by atoms with E-state index in [0.29, 0.717) is 18.3 Å². The van der Waals surface area contributed by atoms with E-state index in [0.717, 1.165) is 46.3 Å². The van der Waals surface area contributed by atoms with Gasteiger partial charge in [-0.05, 0) is 32.3 Å². The quantitative estimate of drug-likeness (QED) is 0.443. The van der Waals surface area contributed by atoms with Crippen LogP contribution < -0.4 is 10.9 Å². The van der Waals surface area contributed by atoms with Gasteiger partial charge in [0.15, 0.2) is 5.16 Å². The van der Waals surface area contributed by atoms with Gasteiger partial charge in [-0.2, -0.15) is 0 Å². The number of hydrogen-bond acceptors (Lipinski definition) is 6. The van der Waals surface area contributed by atoms with Crippen molar-refractivity contribution in [1.82, 2.24) is 14.9 Å². The molecule has 142 valence electrons. The maximum atomic E-state index is 13.2. The summed E-state index contributed by atoms with van der Waals surface area (Å²) in [5.41, 5.74) is 1.08. The zero-order valence-corrected chi connectivity index (χ0v) is 17.1. The summed E-state index contributed by atoms with van der Waals surface area (Å²) in [7, 11) is 1.60. The van der Waals surface area contributed by atoms with E-state index in [1.807, 2.05) is 18.4 Å². The molecule has 3 rings (SSSR count). The van der Waals surface area contributed by atoms with E-state index in [9.17, 15) is 9.59 Å². The molecule has 26 heavy (non-hydrogen) atoms. The molecule has 1 N–H and O–H groups in total. The number of aromatic nitrogens is 2. The molecule has 0 atom stereocenters.